The third-order valence-electron chi connectivity index (χ3n) is 0.931. The summed E-state index contributed by atoms with van der Waals surface area (Å²) in [6.07, 6.45) is -0.393. The summed E-state index contributed by atoms with van der Waals surface area (Å²) in [4.78, 5) is 10.1. The summed E-state index contributed by atoms with van der Waals surface area (Å²) in [6.45, 7) is 0. The maximum absolute atomic E-state index is 10.1. The van der Waals surface area contributed by atoms with E-state index in [1.165, 1.54) is 7.11 Å². The van der Waals surface area contributed by atoms with Crippen molar-refractivity contribution < 1.29 is 14.6 Å². The molecule has 54 valence electrons. The molecule has 1 atom stereocenters. The van der Waals surface area contributed by atoms with Gasteiger partial charge in [-0.05, 0) is 6.42 Å². The predicted octanol–water partition coefficient (Wildman–Crippen LogP) is 0.715. The number of carboxylic acid groups (broad SMARTS) is 1. The SMILES string of the molecule is COC(CCCl)C(=O)O. The zero-order valence-electron chi connectivity index (χ0n) is 5.13. The lowest BCUT2D eigenvalue weighted by Crippen LogP contribution is -2.22. The largest absolute Gasteiger partial charge is 0.479 e. The van der Waals surface area contributed by atoms with Crippen LogP contribution in [0.25, 0.3) is 0 Å². The van der Waals surface area contributed by atoms with Crippen molar-refractivity contribution in [2.24, 2.45) is 0 Å². The van der Waals surface area contributed by atoms with Crippen LogP contribution >= 0.6 is 11.6 Å². The first-order valence-corrected chi connectivity index (χ1v) is 3.07. The van der Waals surface area contributed by atoms with E-state index in [0.29, 0.717) is 12.3 Å². The molecule has 0 aliphatic rings. The lowest BCUT2D eigenvalue weighted by atomic mass is 10.3. The summed E-state index contributed by atoms with van der Waals surface area (Å²) < 4.78 is 4.57. The summed E-state index contributed by atoms with van der Waals surface area (Å²) in [5, 5.41) is 8.32. The molecule has 0 saturated heterocycles. The van der Waals surface area contributed by atoms with Crippen molar-refractivity contribution >= 4 is 17.6 Å². The molecule has 1 N–H and O–H groups in total. The molecule has 0 rings (SSSR count). The zero-order valence-corrected chi connectivity index (χ0v) is 5.89. The summed E-state index contributed by atoms with van der Waals surface area (Å²) >= 11 is 5.28. The van der Waals surface area contributed by atoms with Gasteiger partial charge in [-0.3, -0.25) is 0 Å². The Hall–Kier alpha value is -0.280. The van der Waals surface area contributed by atoms with Crippen molar-refractivity contribution in [3.05, 3.63) is 0 Å². The van der Waals surface area contributed by atoms with Crippen molar-refractivity contribution in [3.8, 4) is 0 Å². The number of rotatable bonds is 4. The molecule has 9 heavy (non-hydrogen) atoms. The van der Waals surface area contributed by atoms with E-state index in [4.69, 9.17) is 16.7 Å². The number of hydrogen-bond acceptors (Lipinski definition) is 2. The van der Waals surface area contributed by atoms with Crippen LogP contribution in [0.1, 0.15) is 6.42 Å². The highest BCUT2D eigenvalue weighted by molar-refractivity contribution is 6.18. The van der Waals surface area contributed by atoms with Gasteiger partial charge in [-0.15, -0.1) is 11.6 Å². The number of aliphatic carboxylic acids is 1. The quantitative estimate of drug-likeness (QED) is 0.604. The third-order valence-corrected chi connectivity index (χ3v) is 1.15. The normalized spacial score (nSPS) is 13.1. The molecule has 0 aromatic rings. The zero-order chi connectivity index (χ0) is 7.28. The van der Waals surface area contributed by atoms with Gasteiger partial charge < -0.3 is 9.84 Å². The van der Waals surface area contributed by atoms with Gasteiger partial charge in [0.05, 0.1) is 0 Å². The average molecular weight is 153 g/mol. The summed E-state index contributed by atoms with van der Waals surface area (Å²) in [7, 11) is 1.35. The van der Waals surface area contributed by atoms with Crippen LogP contribution in [-0.2, 0) is 9.53 Å². The van der Waals surface area contributed by atoms with Crippen LogP contribution in [0.15, 0.2) is 0 Å². The Balaban J connectivity index is 3.54. The van der Waals surface area contributed by atoms with Gasteiger partial charge >= 0.3 is 5.97 Å². The topological polar surface area (TPSA) is 46.5 Å². The fourth-order valence-electron chi connectivity index (χ4n) is 0.441. The molecule has 0 amide bonds. The molecule has 0 aromatic carbocycles. The molecule has 0 saturated carbocycles. The first-order valence-electron chi connectivity index (χ1n) is 2.54. The van der Waals surface area contributed by atoms with E-state index in [1.807, 2.05) is 0 Å². The highest BCUT2D eigenvalue weighted by Crippen LogP contribution is 1.97. The minimum absolute atomic E-state index is 0.310. The molecule has 3 nitrogen and oxygen atoms in total. The Morgan fingerprint density at radius 2 is 2.44 bits per heavy atom. The second kappa shape index (κ2) is 4.58. The number of alkyl halides is 1. The van der Waals surface area contributed by atoms with Crippen LogP contribution in [0.3, 0.4) is 0 Å². The van der Waals surface area contributed by atoms with Crippen LogP contribution in [0.2, 0.25) is 0 Å². The van der Waals surface area contributed by atoms with Crippen molar-refractivity contribution in [1.82, 2.24) is 0 Å². The molecule has 4 heteroatoms. The van der Waals surface area contributed by atoms with Gasteiger partial charge in [-0.25, -0.2) is 4.79 Å². The first kappa shape index (κ1) is 8.72. The van der Waals surface area contributed by atoms with E-state index in [9.17, 15) is 4.79 Å². The Labute approximate surface area is 58.6 Å². The van der Waals surface area contributed by atoms with Gasteiger partial charge in [0.15, 0.2) is 6.10 Å². The van der Waals surface area contributed by atoms with E-state index >= 15 is 0 Å². The van der Waals surface area contributed by atoms with Gasteiger partial charge in [0.1, 0.15) is 0 Å². The smallest absolute Gasteiger partial charge is 0.332 e. The van der Waals surface area contributed by atoms with Gasteiger partial charge in [-0.2, -0.15) is 0 Å². The standard InChI is InChI=1S/C5H9ClO3/c1-9-4(2-3-6)5(7)8/h4H,2-3H2,1H3,(H,7,8). The molecule has 1 unspecified atom stereocenters. The fourth-order valence-corrected chi connectivity index (χ4v) is 0.639. The van der Waals surface area contributed by atoms with Crippen LogP contribution in [0.5, 0.6) is 0 Å². The maximum atomic E-state index is 10.1. The summed E-state index contributed by atoms with van der Waals surface area (Å²) in [5.74, 6) is -0.650. The molecular weight excluding hydrogens is 144 g/mol. The van der Waals surface area contributed by atoms with Crippen molar-refractivity contribution in [3.63, 3.8) is 0 Å². The second-order valence-corrected chi connectivity index (χ2v) is 1.92. The number of carboxylic acids is 1. The van der Waals surface area contributed by atoms with Crippen molar-refractivity contribution in [1.29, 1.82) is 0 Å². The first-order chi connectivity index (χ1) is 4.22. The molecule has 0 fully saturated rings. The third kappa shape index (κ3) is 3.32. The maximum Gasteiger partial charge on any atom is 0.332 e. The molecule has 0 aliphatic carbocycles. The van der Waals surface area contributed by atoms with Gasteiger partial charge in [0.2, 0.25) is 0 Å². The van der Waals surface area contributed by atoms with Gasteiger partial charge in [0, 0.05) is 13.0 Å². The Bertz CT molecular complexity index is 94.2. The van der Waals surface area contributed by atoms with Crippen LogP contribution in [0, 0.1) is 0 Å². The van der Waals surface area contributed by atoms with E-state index in [-0.39, 0.29) is 0 Å². The molecule has 0 spiro atoms. The molecular formula is C5H9ClO3. The number of ether oxygens (including phenoxy) is 1. The van der Waals surface area contributed by atoms with Crippen molar-refractivity contribution in [2.45, 2.75) is 12.5 Å². The van der Waals surface area contributed by atoms with Crippen LogP contribution < -0.4 is 0 Å². The monoisotopic (exact) mass is 152 g/mol. The number of halogens is 1. The molecule has 0 heterocycles. The number of carbonyl (C=O) groups is 1. The molecule has 0 aliphatic heterocycles. The molecule has 0 bridgehead atoms. The molecule has 0 radical (unpaired) electrons. The lowest BCUT2D eigenvalue weighted by Gasteiger charge is -2.06. The van der Waals surface area contributed by atoms with E-state index < -0.39 is 12.1 Å². The Kier molecular flexibility index (Phi) is 4.44. The highest BCUT2D eigenvalue weighted by atomic mass is 35.5. The Morgan fingerprint density at radius 3 is 2.56 bits per heavy atom. The Morgan fingerprint density at radius 1 is 1.89 bits per heavy atom. The predicted molar refractivity (Wildman–Crippen MR) is 33.8 cm³/mol. The minimum atomic E-state index is -0.960. The van der Waals surface area contributed by atoms with E-state index in [2.05, 4.69) is 4.74 Å². The van der Waals surface area contributed by atoms with Gasteiger partial charge in [-0.1, -0.05) is 0 Å². The summed E-state index contributed by atoms with van der Waals surface area (Å²) in [6, 6.07) is 0. The number of hydrogen-bond donors (Lipinski definition) is 1. The highest BCUT2D eigenvalue weighted by Gasteiger charge is 2.14. The summed E-state index contributed by atoms with van der Waals surface area (Å²) in [5.41, 5.74) is 0. The van der Waals surface area contributed by atoms with Crippen LogP contribution in [0.4, 0.5) is 0 Å². The average Bonchev–Trinajstić information content (AvgIpc) is 1.82. The van der Waals surface area contributed by atoms with Gasteiger partial charge in [0.25, 0.3) is 0 Å². The van der Waals surface area contributed by atoms with E-state index in [0.717, 1.165) is 0 Å². The minimum Gasteiger partial charge on any atom is -0.479 e. The second-order valence-electron chi connectivity index (χ2n) is 1.54. The van der Waals surface area contributed by atoms with Crippen LogP contribution in [-0.4, -0.2) is 30.2 Å². The van der Waals surface area contributed by atoms with E-state index in [1.54, 1.807) is 0 Å². The molecule has 0 aromatic heterocycles. The lowest BCUT2D eigenvalue weighted by molar-refractivity contribution is -0.148. The fraction of sp³-hybridized carbons (Fsp3) is 0.800. The number of methoxy groups -OCH3 is 1. The van der Waals surface area contributed by atoms with Crippen molar-refractivity contribution in [2.75, 3.05) is 13.0 Å².